The smallest absolute Gasteiger partial charge is 0.182 e. The highest BCUT2D eigenvalue weighted by atomic mass is 35.5. The Morgan fingerprint density at radius 1 is 1.42 bits per heavy atom. The fourth-order valence-corrected chi connectivity index (χ4v) is 1.56. The third-order valence-electron chi connectivity index (χ3n) is 1.29. The monoisotopic (exact) mass is 202 g/mol. The van der Waals surface area contributed by atoms with E-state index in [4.69, 9.17) is 5.73 Å². The molecule has 0 aliphatic heterocycles. The Kier molecular flexibility index (Phi) is 2.44. The van der Waals surface area contributed by atoms with Crippen molar-refractivity contribution >= 4 is 39.2 Å². The van der Waals surface area contributed by atoms with Crippen LogP contribution in [0.2, 0.25) is 0 Å². The van der Waals surface area contributed by atoms with Gasteiger partial charge in [-0.15, -0.1) is 12.4 Å². The highest BCUT2D eigenvalue weighted by molar-refractivity contribution is 7.21. The zero-order valence-corrected chi connectivity index (χ0v) is 7.95. The molecule has 2 aromatic heterocycles. The van der Waals surface area contributed by atoms with Crippen molar-refractivity contribution in [3.05, 3.63) is 12.0 Å². The lowest BCUT2D eigenvalue weighted by molar-refractivity contribution is 1.09. The molecule has 2 aromatic rings. The van der Waals surface area contributed by atoms with Crippen molar-refractivity contribution < 1.29 is 0 Å². The molecule has 0 atom stereocenters. The Balaban J connectivity index is 0.000000720. The highest BCUT2D eigenvalue weighted by Crippen LogP contribution is 2.20. The first kappa shape index (κ1) is 9.15. The molecule has 0 saturated heterocycles. The molecule has 0 fully saturated rings. The van der Waals surface area contributed by atoms with E-state index in [1.165, 1.54) is 11.3 Å². The maximum absolute atomic E-state index is 5.48. The summed E-state index contributed by atoms with van der Waals surface area (Å²) in [6, 6.07) is 0. The second-order valence-electron chi connectivity index (χ2n) is 2.16. The van der Waals surface area contributed by atoms with Crippen molar-refractivity contribution in [3.63, 3.8) is 0 Å². The van der Waals surface area contributed by atoms with E-state index in [0.29, 0.717) is 5.13 Å². The number of aryl methyl sites for hydroxylation is 1. The Hall–Kier alpha value is -0.940. The number of hydrogen-bond donors (Lipinski definition) is 1. The van der Waals surface area contributed by atoms with Gasteiger partial charge < -0.3 is 5.73 Å². The highest BCUT2D eigenvalue weighted by Gasteiger charge is 2.01. The van der Waals surface area contributed by atoms with Crippen LogP contribution in [0.3, 0.4) is 0 Å². The minimum atomic E-state index is 0. The molecule has 4 nitrogen and oxygen atoms in total. The van der Waals surface area contributed by atoms with E-state index >= 15 is 0 Å². The van der Waals surface area contributed by atoms with Gasteiger partial charge in [0.05, 0.1) is 6.20 Å². The van der Waals surface area contributed by atoms with E-state index in [1.807, 2.05) is 6.92 Å². The Morgan fingerprint density at radius 2 is 2.17 bits per heavy atom. The van der Waals surface area contributed by atoms with Gasteiger partial charge in [0.15, 0.2) is 5.13 Å². The van der Waals surface area contributed by atoms with Crippen LogP contribution in [-0.2, 0) is 0 Å². The Morgan fingerprint density at radius 3 is 2.92 bits per heavy atom. The second-order valence-corrected chi connectivity index (χ2v) is 3.17. The average molecular weight is 203 g/mol. The van der Waals surface area contributed by atoms with Gasteiger partial charge in [-0.2, -0.15) is 0 Å². The molecule has 64 valence electrons. The predicted octanol–water partition coefficient (Wildman–Crippen LogP) is 1.40. The van der Waals surface area contributed by atoms with Crippen LogP contribution in [-0.4, -0.2) is 15.0 Å². The third-order valence-corrected chi connectivity index (χ3v) is 2.08. The van der Waals surface area contributed by atoms with Gasteiger partial charge in [0, 0.05) is 0 Å². The summed E-state index contributed by atoms with van der Waals surface area (Å²) in [5, 5.41) is 0.542. The topological polar surface area (TPSA) is 64.7 Å². The Labute approximate surface area is 79.3 Å². The van der Waals surface area contributed by atoms with Crippen molar-refractivity contribution in [1.29, 1.82) is 0 Å². The molecule has 0 unspecified atom stereocenters. The number of nitrogen functional groups attached to an aromatic ring is 1. The largest absolute Gasteiger partial charge is 0.375 e. The van der Waals surface area contributed by atoms with Gasteiger partial charge in [-0.3, -0.25) is 0 Å². The van der Waals surface area contributed by atoms with Crippen LogP contribution in [0, 0.1) is 6.92 Å². The first-order valence-corrected chi connectivity index (χ1v) is 3.93. The second kappa shape index (κ2) is 3.20. The van der Waals surface area contributed by atoms with E-state index in [1.54, 1.807) is 6.20 Å². The molecule has 0 saturated carbocycles. The number of hydrogen-bond acceptors (Lipinski definition) is 5. The predicted molar refractivity (Wildman–Crippen MR) is 51.6 cm³/mol. The summed E-state index contributed by atoms with van der Waals surface area (Å²) in [4.78, 5) is 13.0. The maximum Gasteiger partial charge on any atom is 0.182 e. The molecule has 0 bridgehead atoms. The van der Waals surface area contributed by atoms with Crippen molar-refractivity contribution in [2.75, 3.05) is 5.73 Å². The average Bonchev–Trinajstić information content (AvgIpc) is 2.27. The lowest BCUT2D eigenvalue weighted by Crippen LogP contribution is -1.84. The molecule has 0 aromatic carbocycles. The fraction of sp³-hybridized carbons (Fsp3) is 0.167. The quantitative estimate of drug-likeness (QED) is 0.702. The first-order chi connectivity index (χ1) is 5.25. The van der Waals surface area contributed by atoms with Crippen LogP contribution in [0.25, 0.3) is 10.3 Å². The van der Waals surface area contributed by atoms with Crippen molar-refractivity contribution in [2.45, 2.75) is 6.92 Å². The third kappa shape index (κ3) is 1.46. The summed E-state index contributed by atoms with van der Waals surface area (Å²) in [7, 11) is 0. The summed E-state index contributed by atoms with van der Waals surface area (Å²) in [6.45, 7) is 1.84. The normalized spacial score (nSPS) is 9.75. The van der Waals surface area contributed by atoms with Crippen LogP contribution in [0.1, 0.15) is 5.82 Å². The van der Waals surface area contributed by atoms with E-state index in [2.05, 4.69) is 15.0 Å². The number of halogens is 1. The number of thiazole rings is 1. The van der Waals surface area contributed by atoms with E-state index in [0.717, 1.165) is 16.2 Å². The number of fused-ring (bicyclic) bond motifs is 1. The molecule has 2 N–H and O–H groups in total. The van der Waals surface area contributed by atoms with E-state index in [9.17, 15) is 0 Å². The van der Waals surface area contributed by atoms with Gasteiger partial charge in [-0.1, -0.05) is 11.3 Å². The zero-order chi connectivity index (χ0) is 7.84. The van der Waals surface area contributed by atoms with Gasteiger partial charge >= 0.3 is 0 Å². The van der Waals surface area contributed by atoms with Crippen molar-refractivity contribution in [1.82, 2.24) is 15.0 Å². The number of anilines is 1. The van der Waals surface area contributed by atoms with Gasteiger partial charge in [-0.05, 0) is 6.92 Å². The SMILES string of the molecule is Cc1ncc2nc(N)sc2n1.Cl. The zero-order valence-electron chi connectivity index (χ0n) is 6.31. The molecule has 6 heteroatoms. The van der Waals surface area contributed by atoms with Gasteiger partial charge in [0.2, 0.25) is 0 Å². The number of rotatable bonds is 0. The van der Waals surface area contributed by atoms with Crippen molar-refractivity contribution in [3.8, 4) is 0 Å². The fourth-order valence-electron chi connectivity index (χ4n) is 0.835. The van der Waals surface area contributed by atoms with Crippen LogP contribution >= 0.6 is 23.7 Å². The molecular weight excluding hydrogens is 196 g/mol. The van der Waals surface area contributed by atoms with E-state index < -0.39 is 0 Å². The molecule has 0 aliphatic rings. The molecule has 0 amide bonds. The minimum Gasteiger partial charge on any atom is -0.375 e. The summed E-state index contributed by atoms with van der Waals surface area (Å²) in [6.07, 6.45) is 1.69. The number of aromatic nitrogens is 3. The lowest BCUT2D eigenvalue weighted by Gasteiger charge is -1.86. The maximum atomic E-state index is 5.48. The minimum absolute atomic E-state index is 0. The van der Waals surface area contributed by atoms with Crippen LogP contribution in [0.4, 0.5) is 5.13 Å². The number of nitrogens with two attached hydrogens (primary N) is 1. The molecule has 2 rings (SSSR count). The molecular formula is C6H7ClN4S. The number of nitrogens with zero attached hydrogens (tertiary/aromatic N) is 3. The van der Waals surface area contributed by atoms with Gasteiger partial charge in [0.1, 0.15) is 16.2 Å². The van der Waals surface area contributed by atoms with Gasteiger partial charge in [-0.25, -0.2) is 15.0 Å². The summed E-state index contributed by atoms with van der Waals surface area (Å²) < 4.78 is 0. The summed E-state index contributed by atoms with van der Waals surface area (Å²) in [5.41, 5.74) is 6.26. The van der Waals surface area contributed by atoms with Crippen molar-refractivity contribution in [2.24, 2.45) is 0 Å². The summed E-state index contributed by atoms with van der Waals surface area (Å²) >= 11 is 1.38. The van der Waals surface area contributed by atoms with Gasteiger partial charge in [0.25, 0.3) is 0 Å². The van der Waals surface area contributed by atoms with E-state index in [-0.39, 0.29) is 12.4 Å². The molecule has 0 aliphatic carbocycles. The standard InChI is InChI=1S/C6H6N4S.ClH/c1-3-8-2-4-5(9-3)11-6(7)10-4;/h2H,1H3,(H2,7,10);1H. The molecule has 12 heavy (non-hydrogen) atoms. The van der Waals surface area contributed by atoms with Crippen LogP contribution < -0.4 is 5.73 Å². The van der Waals surface area contributed by atoms with Crippen LogP contribution in [0.15, 0.2) is 6.20 Å². The summed E-state index contributed by atoms with van der Waals surface area (Å²) in [5.74, 6) is 0.751. The molecule has 0 spiro atoms. The Bertz CT molecular complexity index is 399. The first-order valence-electron chi connectivity index (χ1n) is 3.11. The molecule has 2 heterocycles. The van der Waals surface area contributed by atoms with Crippen LogP contribution in [0.5, 0.6) is 0 Å². The lowest BCUT2D eigenvalue weighted by atomic mass is 10.5. The molecule has 0 radical (unpaired) electrons.